The molecule has 3 aliphatic heterocycles. The molecule has 3 fully saturated rings. The molecule has 0 saturated carbocycles. The Morgan fingerprint density at radius 1 is 0.704 bits per heavy atom. The minimum Gasteiger partial charge on any atom is -0.378 e. The van der Waals surface area contributed by atoms with Crippen molar-refractivity contribution in [1.29, 1.82) is 0 Å². The number of aromatic nitrogens is 4. The fourth-order valence-electron chi connectivity index (χ4n) is 4.17. The predicted molar refractivity (Wildman–Crippen MR) is 104 cm³/mol. The van der Waals surface area contributed by atoms with Gasteiger partial charge in [-0.1, -0.05) is 0 Å². The average Bonchev–Trinajstić information content (AvgIpc) is 3.37. The molecule has 0 N–H and O–H groups in total. The van der Waals surface area contributed by atoms with Crippen LogP contribution in [0.15, 0.2) is 0 Å². The molecule has 0 unspecified atom stereocenters. The summed E-state index contributed by atoms with van der Waals surface area (Å²) >= 11 is 0. The molecule has 5 rings (SSSR count). The largest absolute Gasteiger partial charge is 0.378 e. The van der Waals surface area contributed by atoms with Gasteiger partial charge in [-0.25, -0.2) is 0 Å². The summed E-state index contributed by atoms with van der Waals surface area (Å²) in [5.41, 5.74) is 1.80. The quantitative estimate of drug-likeness (QED) is 0.776. The Morgan fingerprint density at radius 3 is 2.00 bits per heavy atom. The first-order chi connectivity index (χ1) is 13.3. The second-order valence-electron chi connectivity index (χ2n) is 7.38. The van der Waals surface area contributed by atoms with Crippen LogP contribution in [-0.4, -0.2) is 85.2 Å². The highest BCUT2D eigenvalue weighted by Gasteiger charge is 2.26. The number of hydrogen-bond donors (Lipinski definition) is 0. The van der Waals surface area contributed by atoms with E-state index in [1.165, 1.54) is 12.8 Å². The first-order valence-corrected chi connectivity index (χ1v) is 9.96. The van der Waals surface area contributed by atoms with Crippen molar-refractivity contribution in [2.75, 3.05) is 80.4 Å². The zero-order valence-corrected chi connectivity index (χ0v) is 15.9. The molecule has 146 valence electrons. The van der Waals surface area contributed by atoms with E-state index in [2.05, 4.69) is 26.3 Å². The molecule has 3 aliphatic rings. The summed E-state index contributed by atoms with van der Waals surface area (Å²) in [7, 11) is 2.07. The molecule has 9 nitrogen and oxygen atoms in total. The molecule has 27 heavy (non-hydrogen) atoms. The number of fused-ring (bicyclic) bond motifs is 1. The van der Waals surface area contributed by atoms with Gasteiger partial charge in [0.1, 0.15) is 5.52 Å². The maximum absolute atomic E-state index is 5.55. The zero-order valence-electron chi connectivity index (χ0n) is 15.9. The summed E-state index contributed by atoms with van der Waals surface area (Å²) < 4.78 is 13.2. The van der Waals surface area contributed by atoms with E-state index in [1.807, 2.05) is 0 Å². The van der Waals surface area contributed by atoms with Crippen molar-refractivity contribution in [3.63, 3.8) is 0 Å². The van der Waals surface area contributed by atoms with Crippen molar-refractivity contribution in [3.05, 3.63) is 0 Å². The first-order valence-electron chi connectivity index (χ1n) is 9.96. The molecular formula is C18H27N7O2. The van der Waals surface area contributed by atoms with Crippen molar-refractivity contribution in [1.82, 2.24) is 19.5 Å². The number of anilines is 3. The first kappa shape index (κ1) is 17.0. The third-order valence-corrected chi connectivity index (χ3v) is 5.67. The van der Waals surface area contributed by atoms with Crippen molar-refractivity contribution in [2.24, 2.45) is 7.05 Å². The predicted octanol–water partition coefficient (Wildman–Crippen LogP) is 0.637. The average molecular weight is 373 g/mol. The van der Waals surface area contributed by atoms with Crippen LogP contribution in [0.4, 0.5) is 17.7 Å². The number of morpholine rings is 2. The molecule has 0 amide bonds. The van der Waals surface area contributed by atoms with Gasteiger partial charge in [0.2, 0.25) is 11.9 Å². The van der Waals surface area contributed by atoms with E-state index in [1.54, 1.807) is 0 Å². The van der Waals surface area contributed by atoms with E-state index in [-0.39, 0.29) is 0 Å². The molecular weight excluding hydrogens is 346 g/mol. The van der Waals surface area contributed by atoms with E-state index < -0.39 is 0 Å². The van der Waals surface area contributed by atoms with E-state index in [4.69, 9.17) is 24.4 Å². The van der Waals surface area contributed by atoms with Crippen LogP contribution >= 0.6 is 0 Å². The van der Waals surface area contributed by atoms with E-state index in [0.29, 0.717) is 0 Å². The molecule has 9 heteroatoms. The topological polar surface area (TPSA) is 71.8 Å². The summed E-state index contributed by atoms with van der Waals surface area (Å²) in [5.74, 6) is 2.75. The van der Waals surface area contributed by atoms with E-state index in [9.17, 15) is 0 Å². The molecule has 5 heterocycles. The fraction of sp³-hybridized carbons (Fsp3) is 0.722. The summed E-state index contributed by atoms with van der Waals surface area (Å²) in [6.45, 7) is 8.42. The highest BCUT2D eigenvalue weighted by Crippen LogP contribution is 2.31. The molecule has 3 saturated heterocycles. The third kappa shape index (κ3) is 3.08. The van der Waals surface area contributed by atoms with Gasteiger partial charge in [-0.05, 0) is 12.8 Å². The van der Waals surface area contributed by atoms with Crippen molar-refractivity contribution < 1.29 is 9.47 Å². The number of rotatable bonds is 3. The Balaban J connectivity index is 1.62. The van der Waals surface area contributed by atoms with Crippen LogP contribution in [-0.2, 0) is 16.5 Å². The fourth-order valence-corrected chi connectivity index (χ4v) is 4.17. The monoisotopic (exact) mass is 373 g/mol. The highest BCUT2D eigenvalue weighted by molar-refractivity contribution is 5.87. The molecule has 0 atom stereocenters. The SMILES string of the molecule is Cn1c(N2CCOCC2)nc2nc(N3CCCC3)nc(N3CCOCC3)c21. The van der Waals surface area contributed by atoms with Crippen LogP contribution in [0.2, 0.25) is 0 Å². The van der Waals surface area contributed by atoms with E-state index in [0.717, 1.165) is 94.6 Å². The maximum atomic E-state index is 5.55. The number of imidazole rings is 1. The van der Waals surface area contributed by atoms with Crippen LogP contribution in [0.3, 0.4) is 0 Å². The van der Waals surface area contributed by atoms with Crippen LogP contribution in [0.1, 0.15) is 12.8 Å². The zero-order chi connectivity index (χ0) is 18.2. The van der Waals surface area contributed by atoms with Gasteiger partial charge in [0.15, 0.2) is 11.5 Å². The lowest BCUT2D eigenvalue weighted by Gasteiger charge is -2.30. The van der Waals surface area contributed by atoms with Gasteiger partial charge in [-0.2, -0.15) is 15.0 Å². The summed E-state index contributed by atoms with van der Waals surface area (Å²) in [5, 5.41) is 0. The minimum atomic E-state index is 0.735. The molecule has 2 aromatic rings. The van der Waals surface area contributed by atoms with Crippen molar-refractivity contribution in [3.8, 4) is 0 Å². The molecule has 0 aliphatic carbocycles. The Labute approximate surface area is 158 Å². The molecule has 2 aromatic heterocycles. The molecule has 0 spiro atoms. The van der Waals surface area contributed by atoms with Crippen LogP contribution < -0.4 is 14.7 Å². The Hall–Kier alpha value is -2.13. The second kappa shape index (κ2) is 7.12. The van der Waals surface area contributed by atoms with Crippen LogP contribution in [0, 0.1) is 0 Å². The van der Waals surface area contributed by atoms with Gasteiger partial charge in [-0.15, -0.1) is 0 Å². The minimum absolute atomic E-state index is 0.735. The smallest absolute Gasteiger partial charge is 0.229 e. The lowest BCUT2D eigenvalue weighted by atomic mass is 10.3. The molecule has 0 bridgehead atoms. The summed E-state index contributed by atoms with van der Waals surface area (Å²) in [4.78, 5) is 21.7. The lowest BCUT2D eigenvalue weighted by Crippen LogP contribution is -2.38. The lowest BCUT2D eigenvalue weighted by molar-refractivity contribution is 0.121. The summed E-state index contributed by atoms with van der Waals surface area (Å²) in [6, 6.07) is 0. The second-order valence-corrected chi connectivity index (χ2v) is 7.38. The van der Waals surface area contributed by atoms with Crippen molar-refractivity contribution >= 4 is 28.9 Å². The normalized spacial score (nSPS) is 21.4. The number of aryl methyl sites for hydroxylation is 1. The van der Waals surface area contributed by atoms with Crippen LogP contribution in [0.5, 0.6) is 0 Å². The number of nitrogens with zero attached hydrogens (tertiary/aromatic N) is 7. The Bertz CT molecular complexity index is 806. The highest BCUT2D eigenvalue weighted by atomic mass is 16.5. The van der Waals surface area contributed by atoms with Gasteiger partial charge >= 0.3 is 0 Å². The summed E-state index contributed by atoms with van der Waals surface area (Å²) in [6.07, 6.45) is 2.41. The molecule has 0 radical (unpaired) electrons. The van der Waals surface area contributed by atoms with Gasteiger partial charge < -0.3 is 28.7 Å². The Morgan fingerprint density at radius 2 is 1.33 bits per heavy atom. The van der Waals surface area contributed by atoms with Gasteiger partial charge in [0.25, 0.3) is 0 Å². The Kier molecular flexibility index (Phi) is 4.48. The van der Waals surface area contributed by atoms with Crippen molar-refractivity contribution in [2.45, 2.75) is 12.8 Å². The standard InChI is InChI=1S/C18H27N7O2/c1-22-14-15(20-18(22)25-8-12-27-13-9-25)19-17(24-4-2-3-5-24)21-16(14)23-6-10-26-11-7-23/h2-13H2,1H3. The molecule has 0 aromatic carbocycles. The van der Waals surface area contributed by atoms with Gasteiger partial charge in [0, 0.05) is 46.3 Å². The number of hydrogen-bond acceptors (Lipinski definition) is 8. The van der Waals surface area contributed by atoms with E-state index >= 15 is 0 Å². The van der Waals surface area contributed by atoms with Crippen LogP contribution in [0.25, 0.3) is 11.2 Å². The van der Waals surface area contributed by atoms with Gasteiger partial charge in [0.05, 0.1) is 26.4 Å². The maximum Gasteiger partial charge on any atom is 0.229 e. The number of ether oxygens (including phenoxy) is 2. The third-order valence-electron chi connectivity index (χ3n) is 5.67. The van der Waals surface area contributed by atoms with Gasteiger partial charge in [-0.3, -0.25) is 0 Å².